The number of benzene rings is 1. The van der Waals surface area contributed by atoms with E-state index in [2.05, 4.69) is 9.71 Å². The second-order valence-corrected chi connectivity index (χ2v) is 7.11. The highest BCUT2D eigenvalue weighted by molar-refractivity contribution is 7.89. The number of sulfonamides is 1. The summed E-state index contributed by atoms with van der Waals surface area (Å²) < 4.78 is 32.5. The van der Waals surface area contributed by atoms with Crippen molar-refractivity contribution in [1.82, 2.24) is 9.71 Å². The van der Waals surface area contributed by atoms with Gasteiger partial charge in [0.05, 0.1) is 6.61 Å². The molecule has 21 heavy (non-hydrogen) atoms. The van der Waals surface area contributed by atoms with E-state index in [1.807, 2.05) is 0 Å². The van der Waals surface area contributed by atoms with Gasteiger partial charge in [-0.15, -0.1) is 0 Å². The SMILES string of the molecule is Nc1ccc2c(S(=O)(=O)NCCOCC3CC3)c[nH]c2c1. The summed E-state index contributed by atoms with van der Waals surface area (Å²) in [5.74, 6) is 0.681. The van der Waals surface area contributed by atoms with Crippen LogP contribution in [0.25, 0.3) is 10.9 Å². The van der Waals surface area contributed by atoms with Gasteiger partial charge in [0.15, 0.2) is 0 Å². The van der Waals surface area contributed by atoms with E-state index in [-0.39, 0.29) is 11.4 Å². The van der Waals surface area contributed by atoms with E-state index < -0.39 is 10.0 Å². The molecule has 0 spiro atoms. The number of nitrogens with one attached hydrogen (secondary N) is 2. The number of fused-ring (bicyclic) bond motifs is 1. The first-order valence-corrected chi connectivity index (χ1v) is 8.48. The minimum atomic E-state index is -3.54. The molecule has 7 heteroatoms. The number of anilines is 1. The van der Waals surface area contributed by atoms with Crippen molar-refractivity contribution in [3.05, 3.63) is 24.4 Å². The quantitative estimate of drug-likeness (QED) is 0.533. The Kier molecular flexibility index (Phi) is 3.88. The fourth-order valence-electron chi connectivity index (χ4n) is 2.20. The predicted octanol–water partition coefficient (Wildman–Crippen LogP) is 1.45. The fourth-order valence-corrected chi connectivity index (χ4v) is 3.39. The predicted molar refractivity (Wildman–Crippen MR) is 81.4 cm³/mol. The van der Waals surface area contributed by atoms with Gasteiger partial charge in [0.2, 0.25) is 10.0 Å². The van der Waals surface area contributed by atoms with Crippen LogP contribution in [0, 0.1) is 5.92 Å². The van der Waals surface area contributed by atoms with Crippen LogP contribution >= 0.6 is 0 Å². The van der Waals surface area contributed by atoms with Gasteiger partial charge in [0.25, 0.3) is 0 Å². The zero-order valence-electron chi connectivity index (χ0n) is 11.6. The molecule has 1 aromatic carbocycles. The van der Waals surface area contributed by atoms with Gasteiger partial charge in [-0.3, -0.25) is 0 Å². The summed E-state index contributed by atoms with van der Waals surface area (Å²) in [4.78, 5) is 3.17. The van der Waals surface area contributed by atoms with Gasteiger partial charge in [-0.05, 0) is 37.0 Å². The highest BCUT2D eigenvalue weighted by Gasteiger charge is 2.21. The van der Waals surface area contributed by atoms with Crippen LogP contribution in [0.3, 0.4) is 0 Å². The van der Waals surface area contributed by atoms with Gasteiger partial charge >= 0.3 is 0 Å². The fraction of sp³-hybridized carbons (Fsp3) is 0.429. The molecule has 0 radical (unpaired) electrons. The molecule has 0 aliphatic heterocycles. The number of ether oxygens (including phenoxy) is 1. The topological polar surface area (TPSA) is 97.2 Å². The lowest BCUT2D eigenvalue weighted by atomic mass is 10.2. The summed E-state index contributed by atoms with van der Waals surface area (Å²) >= 11 is 0. The molecule has 114 valence electrons. The van der Waals surface area contributed by atoms with E-state index in [4.69, 9.17) is 10.5 Å². The van der Waals surface area contributed by atoms with Crippen LogP contribution < -0.4 is 10.5 Å². The van der Waals surface area contributed by atoms with Crippen LogP contribution in [0.1, 0.15) is 12.8 Å². The summed E-state index contributed by atoms with van der Waals surface area (Å²) in [6.45, 7) is 1.40. The Labute approximate surface area is 123 Å². The van der Waals surface area contributed by atoms with Crippen molar-refractivity contribution in [2.45, 2.75) is 17.7 Å². The van der Waals surface area contributed by atoms with Crippen molar-refractivity contribution < 1.29 is 13.2 Å². The summed E-state index contributed by atoms with van der Waals surface area (Å²) in [6, 6.07) is 5.11. The number of nitrogens with two attached hydrogens (primary N) is 1. The zero-order chi connectivity index (χ0) is 14.9. The Bertz CT molecular complexity index is 735. The Morgan fingerprint density at radius 1 is 1.38 bits per heavy atom. The molecule has 6 nitrogen and oxygen atoms in total. The molecular weight excluding hydrogens is 290 g/mol. The summed E-state index contributed by atoms with van der Waals surface area (Å²) in [7, 11) is -3.54. The molecule has 1 saturated carbocycles. The molecule has 0 amide bonds. The number of H-pyrrole nitrogens is 1. The second kappa shape index (κ2) is 5.67. The van der Waals surface area contributed by atoms with E-state index in [1.54, 1.807) is 18.2 Å². The third-order valence-corrected chi connectivity index (χ3v) is 5.05. The molecule has 1 heterocycles. The van der Waals surface area contributed by atoms with E-state index in [0.717, 1.165) is 6.61 Å². The van der Waals surface area contributed by atoms with Gasteiger partial charge in [0, 0.05) is 35.9 Å². The van der Waals surface area contributed by atoms with Crippen molar-refractivity contribution in [2.24, 2.45) is 5.92 Å². The Hall–Kier alpha value is -1.57. The molecule has 0 saturated heterocycles. The Morgan fingerprint density at radius 3 is 2.95 bits per heavy atom. The number of aromatic nitrogens is 1. The van der Waals surface area contributed by atoms with Crippen LogP contribution in [-0.4, -0.2) is 33.2 Å². The second-order valence-electron chi connectivity index (χ2n) is 5.37. The van der Waals surface area contributed by atoms with E-state index >= 15 is 0 Å². The summed E-state index contributed by atoms with van der Waals surface area (Å²) in [6.07, 6.45) is 3.94. The van der Waals surface area contributed by atoms with Crippen molar-refractivity contribution in [1.29, 1.82) is 0 Å². The number of rotatable bonds is 7. The smallest absolute Gasteiger partial charge is 0.242 e. The van der Waals surface area contributed by atoms with Gasteiger partial charge in [0.1, 0.15) is 4.90 Å². The molecule has 0 unspecified atom stereocenters. The van der Waals surface area contributed by atoms with Crippen molar-refractivity contribution in [2.75, 3.05) is 25.5 Å². The van der Waals surface area contributed by atoms with Gasteiger partial charge in [-0.1, -0.05) is 0 Å². The Balaban J connectivity index is 1.64. The maximum atomic E-state index is 12.3. The molecule has 0 atom stereocenters. The van der Waals surface area contributed by atoms with Gasteiger partial charge in [-0.2, -0.15) is 0 Å². The van der Waals surface area contributed by atoms with E-state index in [0.29, 0.717) is 29.1 Å². The lowest BCUT2D eigenvalue weighted by Gasteiger charge is -2.06. The lowest BCUT2D eigenvalue weighted by molar-refractivity contribution is 0.129. The molecule has 0 bridgehead atoms. The number of aromatic amines is 1. The lowest BCUT2D eigenvalue weighted by Crippen LogP contribution is -2.27. The molecule has 2 aromatic rings. The zero-order valence-corrected chi connectivity index (χ0v) is 12.4. The minimum absolute atomic E-state index is 0.236. The van der Waals surface area contributed by atoms with E-state index in [1.165, 1.54) is 19.0 Å². The number of hydrogen-bond donors (Lipinski definition) is 3. The van der Waals surface area contributed by atoms with Gasteiger partial charge < -0.3 is 15.5 Å². The van der Waals surface area contributed by atoms with Crippen LogP contribution in [0.4, 0.5) is 5.69 Å². The standard InChI is InChI=1S/C14H19N3O3S/c15-11-3-4-12-13(7-11)16-8-14(12)21(18,19)17-5-6-20-9-10-1-2-10/h3-4,7-8,10,16-17H,1-2,5-6,9,15H2. The van der Waals surface area contributed by atoms with Gasteiger partial charge in [-0.25, -0.2) is 13.1 Å². The van der Waals surface area contributed by atoms with Crippen molar-refractivity contribution >= 4 is 26.6 Å². The van der Waals surface area contributed by atoms with Crippen molar-refractivity contribution in [3.8, 4) is 0 Å². The summed E-state index contributed by atoms with van der Waals surface area (Å²) in [5, 5.41) is 0.635. The number of hydrogen-bond acceptors (Lipinski definition) is 4. The number of nitrogen functional groups attached to an aromatic ring is 1. The molecule has 4 N–H and O–H groups in total. The monoisotopic (exact) mass is 309 g/mol. The minimum Gasteiger partial charge on any atom is -0.399 e. The summed E-state index contributed by atoms with van der Waals surface area (Å²) in [5.41, 5.74) is 6.98. The molecule has 1 aliphatic carbocycles. The average Bonchev–Trinajstić information content (AvgIpc) is 3.15. The first kappa shape index (κ1) is 14.4. The maximum Gasteiger partial charge on any atom is 0.242 e. The first-order valence-electron chi connectivity index (χ1n) is 7.00. The van der Waals surface area contributed by atoms with Crippen LogP contribution in [-0.2, 0) is 14.8 Å². The first-order chi connectivity index (χ1) is 10.1. The molecule has 1 aliphatic rings. The van der Waals surface area contributed by atoms with E-state index in [9.17, 15) is 8.42 Å². The van der Waals surface area contributed by atoms with Crippen LogP contribution in [0.5, 0.6) is 0 Å². The van der Waals surface area contributed by atoms with Crippen LogP contribution in [0.15, 0.2) is 29.3 Å². The van der Waals surface area contributed by atoms with Crippen molar-refractivity contribution in [3.63, 3.8) is 0 Å². The molecule has 1 fully saturated rings. The Morgan fingerprint density at radius 2 is 2.19 bits per heavy atom. The molecular formula is C14H19N3O3S. The highest BCUT2D eigenvalue weighted by atomic mass is 32.2. The highest BCUT2D eigenvalue weighted by Crippen LogP contribution is 2.28. The van der Waals surface area contributed by atoms with Crippen LogP contribution in [0.2, 0.25) is 0 Å². The maximum absolute atomic E-state index is 12.3. The normalized spacial score (nSPS) is 15.6. The average molecular weight is 309 g/mol. The largest absolute Gasteiger partial charge is 0.399 e. The molecule has 1 aromatic heterocycles. The third kappa shape index (κ3) is 3.37. The molecule has 3 rings (SSSR count). The third-order valence-electron chi connectivity index (χ3n) is 3.55.